The fourth-order valence-electron chi connectivity index (χ4n) is 1.94. The van der Waals surface area contributed by atoms with Gasteiger partial charge in [-0.25, -0.2) is 4.99 Å². The molecule has 1 N–H and O–H groups in total. The summed E-state index contributed by atoms with van der Waals surface area (Å²) in [6, 6.07) is 1.31. The molecule has 0 aromatic heterocycles. The molecule has 1 unspecified atom stereocenters. The Morgan fingerprint density at radius 3 is 2.13 bits per heavy atom. The van der Waals surface area contributed by atoms with Crippen molar-refractivity contribution in [3.8, 4) is 0 Å². The minimum absolute atomic E-state index is 0.0711. The van der Waals surface area contributed by atoms with Crippen LogP contribution >= 0.6 is 0 Å². The predicted octanol–water partition coefficient (Wildman–Crippen LogP) is 4.62. The van der Waals surface area contributed by atoms with E-state index in [1.807, 2.05) is 0 Å². The predicted molar refractivity (Wildman–Crippen MR) is 70.3 cm³/mol. The Labute approximate surface area is 127 Å². The normalized spacial score (nSPS) is 18.5. The van der Waals surface area contributed by atoms with Crippen molar-refractivity contribution in [3.63, 3.8) is 0 Å². The van der Waals surface area contributed by atoms with Crippen molar-refractivity contribution >= 4 is 5.90 Å². The molecule has 1 heterocycles. The Hall–Kier alpha value is -2.03. The lowest BCUT2D eigenvalue weighted by atomic mass is 10.0. The van der Waals surface area contributed by atoms with Gasteiger partial charge < -0.3 is 4.84 Å². The van der Waals surface area contributed by atoms with Crippen molar-refractivity contribution in [1.29, 1.82) is 0 Å². The van der Waals surface area contributed by atoms with Crippen LogP contribution in [0.1, 0.15) is 35.7 Å². The molecule has 1 aliphatic rings. The highest BCUT2D eigenvalue weighted by Crippen LogP contribution is 2.38. The molecule has 0 radical (unpaired) electrons. The van der Waals surface area contributed by atoms with Gasteiger partial charge in [-0.3, -0.25) is 0 Å². The maximum Gasteiger partial charge on any atom is 0.416 e. The van der Waals surface area contributed by atoms with Gasteiger partial charge in [-0.2, -0.15) is 26.3 Å². The highest BCUT2D eigenvalue weighted by molar-refractivity contribution is 5.77. The van der Waals surface area contributed by atoms with Crippen LogP contribution in [0.4, 0.5) is 26.3 Å². The summed E-state index contributed by atoms with van der Waals surface area (Å²) in [5, 5.41) is 0. The smallest absolute Gasteiger partial charge is 0.391 e. The summed E-state index contributed by atoms with van der Waals surface area (Å²) in [6.45, 7) is 3.50. The zero-order chi connectivity index (χ0) is 17.3. The van der Waals surface area contributed by atoms with Crippen LogP contribution in [0.3, 0.4) is 0 Å². The molecule has 1 aromatic carbocycles. The largest absolute Gasteiger partial charge is 0.416 e. The van der Waals surface area contributed by atoms with E-state index in [2.05, 4.69) is 17.1 Å². The Bertz CT molecular complexity index is 588. The maximum absolute atomic E-state index is 12.8. The second-order valence-electron chi connectivity index (χ2n) is 4.81. The van der Waals surface area contributed by atoms with Crippen molar-refractivity contribution in [2.24, 2.45) is 4.99 Å². The standard InChI is InChI=1S/C14H12F6N2O/c1-2-3-4-11-21-12(22-23-11)8-5-9(13(15,16)17)7-10(6-8)14(18,19)20/h2,5-7,12,22H,1,3-4H2. The van der Waals surface area contributed by atoms with Crippen molar-refractivity contribution in [1.82, 2.24) is 5.48 Å². The molecule has 0 fully saturated rings. The molecule has 1 aromatic rings. The monoisotopic (exact) mass is 338 g/mol. The number of rotatable bonds is 4. The van der Waals surface area contributed by atoms with Crippen LogP contribution in [0, 0.1) is 0 Å². The third-order valence-corrected chi connectivity index (χ3v) is 3.05. The fraction of sp³-hybridized carbons (Fsp3) is 0.357. The lowest BCUT2D eigenvalue weighted by Crippen LogP contribution is -2.17. The summed E-state index contributed by atoms with van der Waals surface area (Å²) in [7, 11) is 0. The van der Waals surface area contributed by atoms with Crippen LogP contribution in [0.25, 0.3) is 0 Å². The number of hydrogen-bond acceptors (Lipinski definition) is 3. The molecule has 3 nitrogen and oxygen atoms in total. The lowest BCUT2D eigenvalue weighted by Gasteiger charge is -2.15. The summed E-state index contributed by atoms with van der Waals surface area (Å²) in [6.07, 6.45) is -8.47. The van der Waals surface area contributed by atoms with Crippen LogP contribution in [-0.4, -0.2) is 5.90 Å². The van der Waals surface area contributed by atoms with E-state index in [-0.39, 0.29) is 17.5 Å². The minimum Gasteiger partial charge on any atom is -0.391 e. The zero-order valence-electron chi connectivity index (χ0n) is 11.6. The third kappa shape index (κ3) is 4.25. The molecule has 1 aliphatic heterocycles. The van der Waals surface area contributed by atoms with Gasteiger partial charge in [0, 0.05) is 6.42 Å². The summed E-state index contributed by atoms with van der Waals surface area (Å²) in [4.78, 5) is 8.91. The van der Waals surface area contributed by atoms with Crippen LogP contribution in [0.5, 0.6) is 0 Å². The minimum atomic E-state index is -4.90. The van der Waals surface area contributed by atoms with Gasteiger partial charge in [0.1, 0.15) is 0 Å². The first kappa shape index (κ1) is 17.3. The molecular formula is C14H12F6N2O. The number of benzene rings is 1. The van der Waals surface area contributed by atoms with Crippen molar-refractivity contribution in [2.45, 2.75) is 31.4 Å². The van der Waals surface area contributed by atoms with E-state index in [9.17, 15) is 26.3 Å². The topological polar surface area (TPSA) is 33.6 Å². The van der Waals surface area contributed by atoms with Gasteiger partial charge in [0.05, 0.1) is 11.1 Å². The highest BCUT2D eigenvalue weighted by atomic mass is 19.4. The van der Waals surface area contributed by atoms with E-state index < -0.39 is 29.6 Å². The van der Waals surface area contributed by atoms with Crippen molar-refractivity contribution in [2.75, 3.05) is 0 Å². The molecule has 0 spiro atoms. The van der Waals surface area contributed by atoms with Crippen LogP contribution in [0.15, 0.2) is 35.8 Å². The van der Waals surface area contributed by atoms with E-state index in [4.69, 9.17) is 4.84 Å². The average Bonchev–Trinajstić information content (AvgIpc) is 2.91. The Balaban J connectivity index is 2.39. The van der Waals surface area contributed by atoms with Crippen LogP contribution in [0.2, 0.25) is 0 Å². The highest BCUT2D eigenvalue weighted by Gasteiger charge is 2.38. The number of nitrogens with zero attached hydrogens (tertiary/aromatic N) is 1. The van der Waals surface area contributed by atoms with E-state index >= 15 is 0 Å². The third-order valence-electron chi connectivity index (χ3n) is 3.05. The second-order valence-corrected chi connectivity index (χ2v) is 4.81. The summed E-state index contributed by atoms with van der Waals surface area (Å²) in [5.41, 5.74) is -0.740. The number of nitrogens with one attached hydrogen (secondary N) is 1. The van der Waals surface area contributed by atoms with E-state index in [0.29, 0.717) is 25.0 Å². The van der Waals surface area contributed by atoms with Crippen molar-refractivity contribution in [3.05, 3.63) is 47.5 Å². The fourth-order valence-corrected chi connectivity index (χ4v) is 1.94. The van der Waals surface area contributed by atoms with Gasteiger partial charge in [0.2, 0.25) is 5.90 Å². The molecule has 126 valence electrons. The van der Waals surface area contributed by atoms with Gasteiger partial charge in [-0.15, -0.1) is 12.1 Å². The lowest BCUT2D eigenvalue weighted by molar-refractivity contribution is -0.143. The molecule has 2 rings (SSSR count). The summed E-state index contributed by atoms with van der Waals surface area (Å²) in [5.74, 6) is 0.195. The van der Waals surface area contributed by atoms with Gasteiger partial charge in [0.15, 0.2) is 6.17 Å². The molecule has 0 aliphatic carbocycles. The van der Waals surface area contributed by atoms with Gasteiger partial charge in [-0.1, -0.05) is 6.08 Å². The summed E-state index contributed by atoms with van der Waals surface area (Å²) >= 11 is 0. The number of halogens is 6. The Morgan fingerprint density at radius 2 is 1.65 bits per heavy atom. The van der Waals surface area contributed by atoms with Gasteiger partial charge >= 0.3 is 12.4 Å². The van der Waals surface area contributed by atoms with E-state index in [1.165, 1.54) is 0 Å². The average molecular weight is 338 g/mol. The first-order valence-electron chi connectivity index (χ1n) is 6.50. The zero-order valence-corrected chi connectivity index (χ0v) is 11.6. The molecule has 0 amide bonds. The number of alkyl halides is 6. The Kier molecular flexibility index (Phi) is 4.69. The number of aliphatic imine (C=N–C) groups is 1. The van der Waals surface area contributed by atoms with E-state index in [1.54, 1.807) is 6.08 Å². The van der Waals surface area contributed by atoms with Crippen LogP contribution < -0.4 is 5.48 Å². The van der Waals surface area contributed by atoms with Crippen LogP contribution in [-0.2, 0) is 17.2 Å². The van der Waals surface area contributed by atoms with Crippen molar-refractivity contribution < 1.29 is 31.2 Å². The van der Waals surface area contributed by atoms with Gasteiger partial charge in [0.25, 0.3) is 0 Å². The molecule has 0 saturated heterocycles. The first-order chi connectivity index (χ1) is 10.6. The molecule has 0 bridgehead atoms. The number of allylic oxidation sites excluding steroid dienone is 1. The molecular weight excluding hydrogens is 326 g/mol. The first-order valence-corrected chi connectivity index (χ1v) is 6.50. The molecule has 9 heteroatoms. The quantitative estimate of drug-likeness (QED) is 0.642. The van der Waals surface area contributed by atoms with E-state index in [0.717, 1.165) is 0 Å². The molecule has 23 heavy (non-hydrogen) atoms. The SMILES string of the molecule is C=CCCC1=NC(c2cc(C(F)(F)F)cc(C(F)(F)F)c2)NO1. The summed E-state index contributed by atoms with van der Waals surface area (Å²) < 4.78 is 76.8. The number of hydrogen-bond donors (Lipinski definition) is 1. The Morgan fingerprint density at radius 1 is 1.09 bits per heavy atom. The maximum atomic E-state index is 12.8. The second kappa shape index (κ2) is 6.23. The molecule has 1 atom stereocenters. The van der Waals surface area contributed by atoms with Gasteiger partial charge in [-0.05, 0) is 30.2 Å². The number of hydroxylamine groups is 1. The molecule has 0 saturated carbocycles.